The lowest BCUT2D eigenvalue weighted by molar-refractivity contribution is -0.0902. The van der Waals surface area contributed by atoms with Crippen molar-refractivity contribution in [2.75, 3.05) is 38.7 Å². The van der Waals surface area contributed by atoms with Crippen LogP contribution in [-0.2, 0) is 31.5 Å². The molecule has 0 saturated heterocycles. The second-order valence-corrected chi connectivity index (χ2v) is 15.1. The number of sulfone groups is 1. The maximum atomic E-state index is 13.2. The average Bonchev–Trinajstić information content (AvgIpc) is 4.08. The molecule has 2 aromatic carbocycles. The molecule has 1 heterocycles. The zero-order chi connectivity index (χ0) is 36.6. The zero-order valence-electron chi connectivity index (χ0n) is 27.9. The largest absolute Gasteiger partial charge is 0.490 e. The highest BCUT2D eigenvalue weighted by atomic mass is 35.5. The van der Waals surface area contributed by atoms with Crippen molar-refractivity contribution in [2.45, 2.75) is 73.2 Å². The van der Waals surface area contributed by atoms with Crippen LogP contribution in [0.4, 0.5) is 4.79 Å². The lowest BCUT2D eigenvalue weighted by Gasteiger charge is -2.28. The Kier molecular flexibility index (Phi) is 13.3. The highest BCUT2D eigenvalue weighted by Gasteiger charge is 2.48. The topological polar surface area (TPSA) is 217 Å². The normalized spacial score (nSPS) is 17.6. The molecule has 7 N–H and O–H groups in total. The second kappa shape index (κ2) is 17.4. The van der Waals surface area contributed by atoms with Gasteiger partial charge in [0.25, 0.3) is 0 Å². The SMILES string of the molecule is O=C(NCCOCCS(=O)(=O)c1ccc(Cl)c(COC2(c3cnccc3-c3ccccc3OC3CC3)CC2)c1)NC(CO)C(O)C(O)C(O)CO. The number of nitrogens with zero attached hydrogens (tertiary/aromatic N) is 1. The van der Waals surface area contributed by atoms with Crippen LogP contribution >= 0.6 is 11.6 Å². The molecule has 4 atom stereocenters. The lowest BCUT2D eigenvalue weighted by Crippen LogP contribution is -2.56. The number of hydrogen-bond donors (Lipinski definition) is 7. The number of benzene rings is 2. The fraction of sp³-hybridized carbons (Fsp3) is 0.486. The van der Waals surface area contributed by atoms with Crippen LogP contribution in [0.3, 0.4) is 0 Å². The fourth-order valence-electron chi connectivity index (χ4n) is 5.48. The molecule has 278 valence electrons. The molecule has 1 aromatic heterocycles. The van der Waals surface area contributed by atoms with Gasteiger partial charge in [0.15, 0.2) is 9.84 Å². The average molecular weight is 750 g/mol. The van der Waals surface area contributed by atoms with Crippen molar-refractivity contribution < 1.29 is 53.0 Å². The van der Waals surface area contributed by atoms with Gasteiger partial charge in [0.05, 0.1) is 61.4 Å². The van der Waals surface area contributed by atoms with Crippen molar-refractivity contribution >= 4 is 27.5 Å². The van der Waals surface area contributed by atoms with E-state index in [4.69, 9.17) is 30.9 Å². The molecular formula is C35H44ClN3O11S. The first-order valence-corrected chi connectivity index (χ1v) is 18.7. The molecule has 3 aromatic rings. The second-order valence-electron chi connectivity index (χ2n) is 12.6. The number of aliphatic hydroxyl groups is 5. The monoisotopic (exact) mass is 749 g/mol. The van der Waals surface area contributed by atoms with Crippen LogP contribution in [0.5, 0.6) is 5.75 Å². The molecule has 16 heteroatoms. The predicted molar refractivity (Wildman–Crippen MR) is 186 cm³/mol. The van der Waals surface area contributed by atoms with Gasteiger partial charge in [-0.05, 0) is 67.1 Å². The Labute approximate surface area is 301 Å². The third-order valence-corrected chi connectivity index (χ3v) is 10.8. The van der Waals surface area contributed by atoms with Gasteiger partial charge in [-0.3, -0.25) is 4.98 Å². The standard InChI is InChI=1S/C35H44ClN3O11S/c36-28-8-7-24(51(46,47)16-15-48-14-13-38-34(45)39-29(19-40)32(43)33(44)30(42)20-41)17-22(28)21-49-35(10-11-35)27-18-37-12-9-25(27)26-3-1-2-4-31(26)50-23-5-6-23/h1-4,7-9,12,17-18,23,29-30,32-33,40-44H,5-6,10-11,13-16,19-21H2,(H2,38,39,45). The van der Waals surface area contributed by atoms with E-state index in [0.717, 1.165) is 48.1 Å². The first-order chi connectivity index (χ1) is 24.5. The molecule has 2 fully saturated rings. The molecule has 4 unspecified atom stereocenters. The van der Waals surface area contributed by atoms with Crippen LogP contribution in [0.15, 0.2) is 65.8 Å². The van der Waals surface area contributed by atoms with Crippen LogP contribution in [0.25, 0.3) is 11.1 Å². The summed E-state index contributed by atoms with van der Waals surface area (Å²) in [5, 5.41) is 52.7. The summed E-state index contributed by atoms with van der Waals surface area (Å²) in [5.41, 5.74) is 2.79. The molecule has 51 heavy (non-hydrogen) atoms. The van der Waals surface area contributed by atoms with E-state index in [-0.39, 0.29) is 43.1 Å². The number of halogens is 1. The molecule has 2 saturated carbocycles. The maximum Gasteiger partial charge on any atom is 0.315 e. The third kappa shape index (κ3) is 10.2. The summed E-state index contributed by atoms with van der Waals surface area (Å²) in [6.45, 7) is -1.75. The van der Waals surface area contributed by atoms with E-state index in [1.807, 2.05) is 36.5 Å². The Bertz CT molecular complexity index is 1740. The zero-order valence-corrected chi connectivity index (χ0v) is 29.4. The van der Waals surface area contributed by atoms with E-state index in [0.29, 0.717) is 10.6 Å². The summed E-state index contributed by atoms with van der Waals surface area (Å²) >= 11 is 6.50. The fourth-order valence-corrected chi connectivity index (χ4v) is 6.83. The summed E-state index contributed by atoms with van der Waals surface area (Å²) in [5.74, 6) is 0.480. The number of para-hydroxylation sites is 1. The Morgan fingerprint density at radius 1 is 1.00 bits per heavy atom. The minimum absolute atomic E-state index is 0.0378. The molecule has 2 amide bonds. The summed E-state index contributed by atoms with van der Waals surface area (Å²) in [6, 6.07) is 12.2. The number of rotatable bonds is 20. The molecule has 0 aliphatic heterocycles. The highest BCUT2D eigenvalue weighted by Crippen LogP contribution is 2.53. The van der Waals surface area contributed by atoms with Gasteiger partial charge in [0.1, 0.15) is 24.1 Å². The Balaban J connectivity index is 1.12. The molecule has 14 nitrogen and oxygen atoms in total. The minimum Gasteiger partial charge on any atom is -0.490 e. The maximum absolute atomic E-state index is 13.2. The molecule has 0 bridgehead atoms. The van der Waals surface area contributed by atoms with Crippen LogP contribution < -0.4 is 15.4 Å². The Morgan fingerprint density at radius 2 is 1.76 bits per heavy atom. The van der Waals surface area contributed by atoms with Crippen molar-refractivity contribution in [2.24, 2.45) is 0 Å². The van der Waals surface area contributed by atoms with Crippen LogP contribution in [0, 0.1) is 0 Å². The molecule has 0 radical (unpaired) electrons. The van der Waals surface area contributed by atoms with Gasteiger partial charge < -0.3 is 50.4 Å². The number of ether oxygens (including phenoxy) is 3. The van der Waals surface area contributed by atoms with E-state index >= 15 is 0 Å². The van der Waals surface area contributed by atoms with Crippen molar-refractivity contribution in [3.63, 3.8) is 0 Å². The number of pyridine rings is 1. The van der Waals surface area contributed by atoms with Gasteiger partial charge in [0.2, 0.25) is 0 Å². The number of carbonyl (C=O) groups excluding carboxylic acids is 1. The summed E-state index contributed by atoms with van der Waals surface area (Å²) in [7, 11) is -3.77. The van der Waals surface area contributed by atoms with E-state index in [2.05, 4.69) is 15.6 Å². The van der Waals surface area contributed by atoms with Gasteiger partial charge in [0, 0.05) is 35.1 Å². The van der Waals surface area contributed by atoms with E-state index in [1.165, 1.54) is 18.2 Å². The predicted octanol–water partition coefficient (Wildman–Crippen LogP) is 1.67. The molecule has 0 spiro atoms. The summed E-state index contributed by atoms with van der Waals surface area (Å²) in [4.78, 5) is 16.6. The van der Waals surface area contributed by atoms with Crippen LogP contribution in [0.1, 0.15) is 36.8 Å². The molecule has 5 rings (SSSR count). The molecular weight excluding hydrogens is 706 g/mol. The van der Waals surface area contributed by atoms with Crippen molar-refractivity contribution in [3.8, 4) is 16.9 Å². The number of carbonyl (C=O) groups is 1. The highest BCUT2D eigenvalue weighted by molar-refractivity contribution is 7.91. The van der Waals surface area contributed by atoms with Crippen molar-refractivity contribution in [1.82, 2.24) is 15.6 Å². The molecule has 2 aliphatic carbocycles. The number of aromatic nitrogens is 1. The quantitative estimate of drug-likeness (QED) is 0.0822. The van der Waals surface area contributed by atoms with Gasteiger partial charge >= 0.3 is 6.03 Å². The Hall–Kier alpha value is -3.38. The van der Waals surface area contributed by atoms with Crippen LogP contribution in [0.2, 0.25) is 5.02 Å². The number of urea groups is 1. The first-order valence-electron chi connectivity index (χ1n) is 16.7. The summed E-state index contributed by atoms with van der Waals surface area (Å²) < 4.78 is 44.4. The van der Waals surface area contributed by atoms with Gasteiger partial charge in [-0.1, -0.05) is 29.8 Å². The van der Waals surface area contributed by atoms with E-state index in [9.17, 15) is 33.6 Å². The van der Waals surface area contributed by atoms with Crippen LogP contribution in [-0.4, -0.2) is 114 Å². The smallest absolute Gasteiger partial charge is 0.315 e. The van der Waals surface area contributed by atoms with Gasteiger partial charge in [-0.25, -0.2) is 13.2 Å². The number of aliphatic hydroxyl groups excluding tert-OH is 5. The van der Waals surface area contributed by atoms with Crippen molar-refractivity contribution in [1.29, 1.82) is 0 Å². The number of nitrogens with one attached hydrogen (secondary N) is 2. The minimum atomic E-state index is -3.77. The Morgan fingerprint density at radius 3 is 2.47 bits per heavy atom. The number of hydrogen-bond acceptors (Lipinski definition) is 12. The van der Waals surface area contributed by atoms with Gasteiger partial charge in [-0.2, -0.15) is 0 Å². The van der Waals surface area contributed by atoms with E-state index < -0.39 is 59.0 Å². The third-order valence-electron chi connectivity index (χ3n) is 8.78. The molecule has 2 aliphatic rings. The number of amides is 2. The van der Waals surface area contributed by atoms with E-state index in [1.54, 1.807) is 6.20 Å². The van der Waals surface area contributed by atoms with Crippen molar-refractivity contribution in [3.05, 3.63) is 77.1 Å². The first kappa shape index (κ1) is 38.8. The summed E-state index contributed by atoms with van der Waals surface area (Å²) in [6.07, 6.45) is 2.18. The van der Waals surface area contributed by atoms with Gasteiger partial charge in [-0.15, -0.1) is 0 Å². The lowest BCUT2D eigenvalue weighted by atomic mass is 9.96.